The predicted molar refractivity (Wildman–Crippen MR) is 85.3 cm³/mol. The van der Waals surface area contributed by atoms with Crippen LogP contribution in [-0.4, -0.2) is 66.1 Å². The zero-order valence-electron chi connectivity index (χ0n) is 18.7. The van der Waals surface area contributed by atoms with Gasteiger partial charge in [0, 0.05) is 0 Å². The van der Waals surface area contributed by atoms with Crippen LogP contribution in [-0.2, 0) is 9.53 Å². The predicted octanol–water partition coefficient (Wildman–Crippen LogP) is 8.37. The van der Waals surface area contributed by atoms with Gasteiger partial charge in [0.05, 0.1) is 13.0 Å². The van der Waals surface area contributed by atoms with E-state index in [4.69, 9.17) is 0 Å². The zero-order chi connectivity index (χ0) is 32.9. The molecular formula is C17H11F21O2. The van der Waals surface area contributed by atoms with E-state index in [0.29, 0.717) is 0 Å². The zero-order valence-corrected chi connectivity index (χ0v) is 18.7. The van der Waals surface area contributed by atoms with Gasteiger partial charge in [-0.2, -0.15) is 92.2 Å². The van der Waals surface area contributed by atoms with Crippen LogP contribution >= 0.6 is 0 Å². The number of ether oxygens (including phenoxy) is 1. The molecule has 2 nitrogen and oxygen atoms in total. The van der Waals surface area contributed by atoms with E-state index < -0.39 is 90.1 Å². The van der Waals surface area contributed by atoms with Gasteiger partial charge in [0.2, 0.25) is 0 Å². The molecule has 23 heteroatoms. The quantitative estimate of drug-likeness (QED) is 0.121. The minimum Gasteiger partial charge on any atom is -0.462 e. The number of carbonyl (C=O) groups excluding carboxylic acids is 1. The Bertz CT molecular complexity index is 955. The Hall–Kier alpha value is -2.26. The van der Waals surface area contributed by atoms with Crippen molar-refractivity contribution in [3.63, 3.8) is 0 Å². The van der Waals surface area contributed by atoms with E-state index in [1.807, 2.05) is 0 Å². The number of esters is 1. The smallest absolute Gasteiger partial charge is 0.460 e. The lowest BCUT2D eigenvalue weighted by molar-refractivity contribution is -0.468. The number of alkyl halides is 19. The second kappa shape index (κ2) is 10.5. The molecule has 0 amide bonds. The molecule has 0 atom stereocenters. The highest BCUT2D eigenvalue weighted by Crippen LogP contribution is 2.65. The van der Waals surface area contributed by atoms with Crippen LogP contribution in [0.15, 0.2) is 11.7 Å². The Labute approximate surface area is 207 Å². The van der Waals surface area contributed by atoms with E-state index >= 15 is 0 Å². The fraction of sp³-hybridized carbons (Fsp3) is 0.824. The van der Waals surface area contributed by atoms with E-state index in [0.717, 1.165) is 13.8 Å². The molecule has 0 N–H and O–H groups in total. The Kier molecular flexibility index (Phi) is 9.94. The lowest BCUT2D eigenvalue weighted by atomic mass is 9.86. The first kappa shape index (κ1) is 37.7. The maximum Gasteiger partial charge on any atom is 0.460 e. The van der Waals surface area contributed by atoms with Gasteiger partial charge in [-0.3, -0.25) is 0 Å². The van der Waals surface area contributed by atoms with Gasteiger partial charge in [-0.25, -0.2) is 4.79 Å². The van der Waals surface area contributed by atoms with Crippen molar-refractivity contribution in [3.8, 4) is 0 Å². The van der Waals surface area contributed by atoms with Crippen molar-refractivity contribution in [2.24, 2.45) is 5.92 Å². The van der Waals surface area contributed by atoms with Crippen LogP contribution in [0.5, 0.6) is 0 Å². The monoisotopic (exact) mass is 646 g/mol. The number of halogens is 21. The van der Waals surface area contributed by atoms with E-state index in [1.165, 1.54) is 0 Å². The summed E-state index contributed by atoms with van der Waals surface area (Å²) >= 11 is 0. The van der Waals surface area contributed by atoms with Crippen molar-refractivity contribution in [3.05, 3.63) is 11.7 Å². The molecule has 0 aliphatic carbocycles. The molecule has 0 radical (unpaired) electrons. The molecule has 0 bridgehead atoms. The minimum absolute atomic E-state index is 0.815. The van der Waals surface area contributed by atoms with Crippen molar-refractivity contribution in [2.45, 2.75) is 73.8 Å². The maximum absolute atomic E-state index is 13.9. The van der Waals surface area contributed by atoms with Gasteiger partial charge >= 0.3 is 59.5 Å². The van der Waals surface area contributed by atoms with Crippen molar-refractivity contribution in [2.75, 3.05) is 6.61 Å². The molecule has 40 heavy (non-hydrogen) atoms. The third-order valence-electron chi connectivity index (χ3n) is 4.60. The van der Waals surface area contributed by atoms with Crippen LogP contribution in [0, 0.1) is 5.92 Å². The Morgan fingerprint density at radius 1 is 0.550 bits per heavy atom. The first-order valence-corrected chi connectivity index (χ1v) is 9.44. The molecule has 0 spiro atoms. The van der Waals surface area contributed by atoms with E-state index in [-0.39, 0.29) is 0 Å². The van der Waals surface area contributed by atoms with Crippen LogP contribution in [0.3, 0.4) is 0 Å². The second-order valence-corrected chi connectivity index (χ2v) is 8.13. The lowest BCUT2D eigenvalue weighted by Gasteiger charge is -2.43. The van der Waals surface area contributed by atoms with Crippen LogP contribution in [0.25, 0.3) is 0 Å². The normalized spacial score (nSPS) is 15.4. The van der Waals surface area contributed by atoms with Gasteiger partial charge in [0.15, 0.2) is 0 Å². The molecule has 0 aliphatic heterocycles. The minimum atomic E-state index is -9.14. The summed E-state index contributed by atoms with van der Waals surface area (Å²) in [4.78, 5) is 11.4. The van der Waals surface area contributed by atoms with E-state index in [9.17, 15) is 97.0 Å². The first-order valence-electron chi connectivity index (χ1n) is 9.44. The summed E-state index contributed by atoms with van der Waals surface area (Å²) in [6, 6.07) is 0. The van der Waals surface area contributed by atoms with Crippen LogP contribution in [0.1, 0.15) is 20.3 Å². The van der Waals surface area contributed by atoms with Gasteiger partial charge in [-0.1, -0.05) is 13.8 Å². The Morgan fingerprint density at radius 2 is 0.850 bits per heavy atom. The summed E-state index contributed by atoms with van der Waals surface area (Å²) in [5.41, 5.74) is -2.99. The van der Waals surface area contributed by atoms with Crippen LogP contribution < -0.4 is 0 Å². The number of hydrogen-bond acceptors (Lipinski definition) is 2. The fourth-order valence-corrected chi connectivity index (χ4v) is 2.27. The molecule has 0 heterocycles. The SMILES string of the molecule is CC(C)COC(=O)C(CC(F)(F)C(F)(F)C(F)(F)C(F)(F)C(F)(F)C(F)(F)C(F)(F)C(F)(F)C(F)(F)F)=C(F)F. The molecule has 0 saturated heterocycles. The molecule has 0 saturated carbocycles. The van der Waals surface area contributed by atoms with Crippen molar-refractivity contribution >= 4 is 5.97 Å². The number of rotatable bonds is 12. The molecule has 0 aromatic heterocycles. The lowest BCUT2D eigenvalue weighted by Crippen LogP contribution is -2.75. The highest BCUT2D eigenvalue weighted by Gasteiger charge is 2.96. The molecule has 0 unspecified atom stereocenters. The average molecular weight is 646 g/mol. The summed E-state index contributed by atoms with van der Waals surface area (Å²) in [7, 11) is 0. The first-order chi connectivity index (χ1) is 17.1. The highest BCUT2D eigenvalue weighted by molar-refractivity contribution is 5.88. The topological polar surface area (TPSA) is 26.3 Å². The molecule has 0 aromatic carbocycles. The molecule has 0 rings (SSSR count). The molecule has 0 aliphatic rings. The van der Waals surface area contributed by atoms with Gasteiger partial charge in [-0.15, -0.1) is 0 Å². The summed E-state index contributed by atoms with van der Waals surface area (Å²) < 4.78 is 281. The summed E-state index contributed by atoms with van der Waals surface area (Å²) in [6.07, 6.45) is -15.5. The second-order valence-electron chi connectivity index (χ2n) is 8.13. The van der Waals surface area contributed by atoms with Crippen LogP contribution in [0.2, 0.25) is 0 Å². The molecule has 0 aromatic rings. The van der Waals surface area contributed by atoms with E-state index in [2.05, 4.69) is 4.74 Å². The van der Waals surface area contributed by atoms with Gasteiger partial charge in [0.25, 0.3) is 6.08 Å². The van der Waals surface area contributed by atoms with Gasteiger partial charge in [-0.05, 0) is 5.92 Å². The van der Waals surface area contributed by atoms with E-state index in [1.54, 1.807) is 0 Å². The third-order valence-corrected chi connectivity index (χ3v) is 4.60. The third kappa shape index (κ3) is 5.60. The largest absolute Gasteiger partial charge is 0.462 e. The highest BCUT2D eigenvalue weighted by atomic mass is 19.4. The van der Waals surface area contributed by atoms with Crippen molar-refractivity contribution in [1.82, 2.24) is 0 Å². The number of carbonyl (C=O) groups is 1. The molecule has 238 valence electrons. The van der Waals surface area contributed by atoms with Crippen molar-refractivity contribution in [1.29, 1.82) is 0 Å². The Morgan fingerprint density at radius 3 is 1.12 bits per heavy atom. The maximum atomic E-state index is 13.9. The molecular weight excluding hydrogens is 635 g/mol. The summed E-state index contributed by atoms with van der Waals surface area (Å²) in [5.74, 6) is -72.5. The van der Waals surface area contributed by atoms with Gasteiger partial charge in [0.1, 0.15) is 5.57 Å². The Balaban J connectivity index is 6.89. The average Bonchev–Trinajstić information content (AvgIpc) is 2.73. The van der Waals surface area contributed by atoms with Gasteiger partial charge < -0.3 is 4.74 Å². The molecule has 0 fully saturated rings. The summed E-state index contributed by atoms with van der Waals surface area (Å²) in [6.45, 7) is 1.33. The number of hydrogen-bond donors (Lipinski definition) is 0. The van der Waals surface area contributed by atoms with Crippen LogP contribution in [0.4, 0.5) is 92.2 Å². The summed E-state index contributed by atoms with van der Waals surface area (Å²) in [5, 5.41) is 0. The van der Waals surface area contributed by atoms with Crippen molar-refractivity contribution < 1.29 is 102 Å². The standard InChI is InChI=1S/C17H11F21O2/c1-5(2)4-40-8(39)6(7(18)19)3-9(20,21)10(22,23)11(24,25)12(26,27)13(28,29)14(30,31)15(32,33)16(34,35)17(36,37)38/h5H,3-4H2,1-2H3. The fourth-order valence-electron chi connectivity index (χ4n) is 2.27.